The van der Waals surface area contributed by atoms with E-state index in [-0.39, 0.29) is 11.8 Å². The number of hydrogen-bond donors (Lipinski definition) is 2. The van der Waals surface area contributed by atoms with Gasteiger partial charge in [0.25, 0.3) is 5.91 Å². The molecule has 0 radical (unpaired) electrons. The molecule has 1 fully saturated rings. The minimum absolute atomic E-state index is 0.113. The molecular formula is C13H15N3O2S. The van der Waals surface area contributed by atoms with Crippen LogP contribution in [0.1, 0.15) is 22.2 Å². The van der Waals surface area contributed by atoms with Gasteiger partial charge in [-0.3, -0.25) is 9.59 Å². The molecule has 6 heteroatoms. The summed E-state index contributed by atoms with van der Waals surface area (Å²) in [7, 11) is 0. The zero-order valence-corrected chi connectivity index (χ0v) is 11.4. The van der Waals surface area contributed by atoms with Gasteiger partial charge in [0, 0.05) is 18.5 Å². The Balaban J connectivity index is 2.15. The Labute approximate surface area is 115 Å². The molecule has 1 saturated heterocycles. The summed E-state index contributed by atoms with van der Waals surface area (Å²) in [5, 5.41) is 4.50. The van der Waals surface area contributed by atoms with Crippen LogP contribution in [0.25, 0.3) is 0 Å². The van der Waals surface area contributed by atoms with Crippen LogP contribution in [0, 0.1) is 11.8 Å². The van der Waals surface area contributed by atoms with Gasteiger partial charge < -0.3 is 16.0 Å². The molecule has 0 aromatic carbocycles. The van der Waals surface area contributed by atoms with Crippen molar-refractivity contribution in [3.63, 3.8) is 0 Å². The standard InChI is InChI=1S/C13H15N3O2S/c1-9-12(17)15-5-6-16(9)13(18)10-7-11(19-8-10)3-2-4-14/h7-9H,4-6,14H2,1H3,(H,15,17). The van der Waals surface area contributed by atoms with Gasteiger partial charge in [-0.05, 0) is 13.0 Å². The Morgan fingerprint density at radius 1 is 1.68 bits per heavy atom. The lowest BCUT2D eigenvalue weighted by atomic mass is 10.1. The summed E-state index contributed by atoms with van der Waals surface area (Å²) in [5.41, 5.74) is 5.88. The van der Waals surface area contributed by atoms with Crippen molar-refractivity contribution in [3.05, 3.63) is 21.9 Å². The third kappa shape index (κ3) is 2.95. The molecule has 0 saturated carbocycles. The van der Waals surface area contributed by atoms with Crippen molar-refractivity contribution < 1.29 is 9.59 Å². The molecule has 1 atom stereocenters. The normalized spacial score (nSPS) is 18.5. The molecule has 0 aliphatic carbocycles. The molecule has 2 heterocycles. The number of rotatable bonds is 1. The highest BCUT2D eigenvalue weighted by Gasteiger charge is 2.30. The largest absolute Gasteiger partial charge is 0.353 e. The van der Waals surface area contributed by atoms with E-state index in [0.717, 1.165) is 4.88 Å². The molecule has 1 aliphatic rings. The second-order valence-electron chi connectivity index (χ2n) is 4.17. The SMILES string of the molecule is CC1C(=O)NCCN1C(=O)c1csc(C#CCN)c1. The van der Waals surface area contributed by atoms with E-state index in [4.69, 9.17) is 5.73 Å². The highest BCUT2D eigenvalue weighted by molar-refractivity contribution is 7.10. The first-order valence-corrected chi connectivity index (χ1v) is 6.87. The van der Waals surface area contributed by atoms with Crippen LogP contribution in [0.2, 0.25) is 0 Å². The first-order valence-electron chi connectivity index (χ1n) is 5.99. The molecule has 0 bridgehead atoms. The predicted molar refractivity (Wildman–Crippen MR) is 73.8 cm³/mol. The quantitative estimate of drug-likeness (QED) is 0.711. The van der Waals surface area contributed by atoms with Crippen molar-refractivity contribution in [2.24, 2.45) is 5.73 Å². The van der Waals surface area contributed by atoms with Crippen LogP contribution < -0.4 is 11.1 Å². The summed E-state index contributed by atoms with van der Waals surface area (Å²) >= 11 is 1.41. The Hall–Kier alpha value is -1.84. The van der Waals surface area contributed by atoms with E-state index >= 15 is 0 Å². The highest BCUT2D eigenvalue weighted by atomic mass is 32.1. The summed E-state index contributed by atoms with van der Waals surface area (Å²) in [6.45, 7) is 3.06. The zero-order valence-electron chi connectivity index (χ0n) is 10.6. The Kier molecular flexibility index (Phi) is 4.20. The number of nitrogens with zero attached hydrogens (tertiary/aromatic N) is 1. The minimum atomic E-state index is -0.431. The third-order valence-electron chi connectivity index (χ3n) is 2.92. The summed E-state index contributed by atoms with van der Waals surface area (Å²) in [6.07, 6.45) is 0. The highest BCUT2D eigenvalue weighted by Crippen LogP contribution is 2.17. The molecule has 5 nitrogen and oxygen atoms in total. The van der Waals surface area contributed by atoms with Crippen LogP contribution in [0.3, 0.4) is 0 Å². The second-order valence-corrected chi connectivity index (χ2v) is 5.08. The molecule has 19 heavy (non-hydrogen) atoms. The van der Waals surface area contributed by atoms with E-state index in [1.807, 2.05) is 0 Å². The van der Waals surface area contributed by atoms with Gasteiger partial charge in [-0.2, -0.15) is 0 Å². The van der Waals surface area contributed by atoms with Crippen molar-refractivity contribution in [1.29, 1.82) is 0 Å². The zero-order chi connectivity index (χ0) is 13.8. The summed E-state index contributed by atoms with van der Waals surface area (Å²) in [6, 6.07) is 1.31. The number of nitrogens with one attached hydrogen (secondary N) is 1. The van der Waals surface area contributed by atoms with Gasteiger partial charge in [-0.25, -0.2) is 0 Å². The lowest BCUT2D eigenvalue weighted by molar-refractivity contribution is -0.127. The number of carbonyl (C=O) groups is 2. The molecule has 100 valence electrons. The molecule has 2 rings (SSSR count). The maximum atomic E-state index is 12.3. The lowest BCUT2D eigenvalue weighted by Gasteiger charge is -2.32. The molecule has 3 N–H and O–H groups in total. The number of hydrogen-bond acceptors (Lipinski definition) is 4. The summed E-state index contributed by atoms with van der Waals surface area (Å²) < 4.78 is 0. The molecule has 0 spiro atoms. The van der Waals surface area contributed by atoms with Crippen LogP contribution >= 0.6 is 11.3 Å². The number of amides is 2. The average molecular weight is 277 g/mol. The molecule has 1 aromatic rings. The smallest absolute Gasteiger partial charge is 0.255 e. The number of nitrogens with two attached hydrogens (primary N) is 1. The molecule has 1 unspecified atom stereocenters. The fourth-order valence-corrected chi connectivity index (χ4v) is 2.63. The van der Waals surface area contributed by atoms with E-state index in [1.165, 1.54) is 11.3 Å². The monoisotopic (exact) mass is 277 g/mol. The topological polar surface area (TPSA) is 75.4 Å². The van der Waals surface area contributed by atoms with Gasteiger partial charge in [0.15, 0.2) is 0 Å². The van der Waals surface area contributed by atoms with Crippen LogP contribution in [0.15, 0.2) is 11.4 Å². The molecule has 1 aliphatic heterocycles. The van der Waals surface area contributed by atoms with Crippen molar-refractivity contribution >= 4 is 23.2 Å². The molecule has 2 amide bonds. The third-order valence-corrected chi connectivity index (χ3v) is 3.77. The van der Waals surface area contributed by atoms with Gasteiger partial charge in [0.1, 0.15) is 6.04 Å². The van der Waals surface area contributed by atoms with Crippen molar-refractivity contribution in [2.45, 2.75) is 13.0 Å². The van der Waals surface area contributed by atoms with Gasteiger partial charge in [-0.1, -0.05) is 11.8 Å². The minimum Gasteiger partial charge on any atom is -0.353 e. The first-order chi connectivity index (χ1) is 9.13. The lowest BCUT2D eigenvalue weighted by Crippen LogP contribution is -2.55. The fourth-order valence-electron chi connectivity index (χ4n) is 1.88. The summed E-state index contributed by atoms with van der Waals surface area (Å²) in [4.78, 5) is 26.3. The van der Waals surface area contributed by atoms with Crippen LogP contribution in [-0.4, -0.2) is 42.4 Å². The van der Waals surface area contributed by atoms with Gasteiger partial charge in [-0.15, -0.1) is 11.3 Å². The van der Waals surface area contributed by atoms with E-state index in [2.05, 4.69) is 17.2 Å². The Bertz CT molecular complexity index is 556. The van der Waals surface area contributed by atoms with E-state index < -0.39 is 6.04 Å². The van der Waals surface area contributed by atoms with Crippen LogP contribution in [0.5, 0.6) is 0 Å². The predicted octanol–water partition coefficient (Wildman–Crippen LogP) is 0.0188. The average Bonchev–Trinajstić information content (AvgIpc) is 2.87. The van der Waals surface area contributed by atoms with Crippen molar-refractivity contribution in [1.82, 2.24) is 10.2 Å². The van der Waals surface area contributed by atoms with E-state index in [0.29, 0.717) is 25.2 Å². The van der Waals surface area contributed by atoms with Gasteiger partial charge >= 0.3 is 0 Å². The summed E-state index contributed by atoms with van der Waals surface area (Å²) in [5.74, 6) is 5.41. The van der Waals surface area contributed by atoms with Gasteiger partial charge in [0.05, 0.1) is 17.0 Å². The number of carbonyl (C=O) groups excluding carboxylic acids is 2. The second kappa shape index (κ2) is 5.87. The first kappa shape index (κ1) is 13.6. The number of thiophene rings is 1. The maximum Gasteiger partial charge on any atom is 0.255 e. The van der Waals surface area contributed by atoms with E-state index in [9.17, 15) is 9.59 Å². The molecule has 1 aromatic heterocycles. The van der Waals surface area contributed by atoms with Crippen molar-refractivity contribution in [3.8, 4) is 11.8 Å². The van der Waals surface area contributed by atoms with Crippen molar-refractivity contribution in [2.75, 3.05) is 19.6 Å². The maximum absolute atomic E-state index is 12.3. The van der Waals surface area contributed by atoms with Crippen LogP contribution in [-0.2, 0) is 4.79 Å². The Morgan fingerprint density at radius 3 is 3.21 bits per heavy atom. The fraction of sp³-hybridized carbons (Fsp3) is 0.385. The van der Waals surface area contributed by atoms with Gasteiger partial charge in [0.2, 0.25) is 5.91 Å². The molecular weight excluding hydrogens is 262 g/mol. The number of piperazine rings is 1. The van der Waals surface area contributed by atoms with Crippen LogP contribution in [0.4, 0.5) is 0 Å². The van der Waals surface area contributed by atoms with E-state index in [1.54, 1.807) is 23.3 Å². The Morgan fingerprint density at radius 2 is 2.47 bits per heavy atom.